The molecule has 0 aliphatic carbocycles. The fourth-order valence-electron chi connectivity index (χ4n) is 0.770. The Labute approximate surface area is 67.8 Å². The van der Waals surface area contributed by atoms with Crippen LogP contribution in [0.5, 0.6) is 0 Å². The molecule has 0 fully saturated rings. The molecule has 0 bridgehead atoms. The van der Waals surface area contributed by atoms with Crippen molar-refractivity contribution in [1.29, 1.82) is 0 Å². The number of carbonyl (C=O) groups is 1. The number of carboxylic acid groups (broad SMARTS) is 1. The standard InChI is InChI=1S/C6H15N.CH3NO2/c1-5(2)7-6(3)4;2-1(3)4/h5-7H,1-4H3;2H2,(H,3,4). The maximum atomic E-state index is 8.67. The van der Waals surface area contributed by atoms with E-state index in [-0.39, 0.29) is 0 Å². The van der Waals surface area contributed by atoms with Crippen LogP contribution >= 0.6 is 0 Å². The number of amides is 1. The summed E-state index contributed by atoms with van der Waals surface area (Å²) in [5.41, 5.74) is 3.92. The van der Waals surface area contributed by atoms with E-state index in [0.717, 1.165) is 12.1 Å². The molecule has 4 N–H and O–H groups in total. The van der Waals surface area contributed by atoms with Crippen molar-refractivity contribution in [3.8, 4) is 0 Å². The molecule has 0 unspecified atom stereocenters. The first-order chi connectivity index (χ1) is 4.86. The van der Waals surface area contributed by atoms with Crippen molar-refractivity contribution in [3.63, 3.8) is 0 Å². The molecule has 0 spiro atoms. The van der Waals surface area contributed by atoms with Gasteiger partial charge in [-0.3, -0.25) is 0 Å². The molecule has 11 heavy (non-hydrogen) atoms. The average molecular weight is 162 g/mol. The lowest BCUT2D eigenvalue weighted by Gasteiger charge is -2.06. The Morgan fingerprint density at radius 2 is 1.45 bits per heavy atom. The molecule has 4 heteroatoms. The van der Waals surface area contributed by atoms with E-state index in [4.69, 9.17) is 9.90 Å². The van der Waals surface area contributed by atoms with Crippen molar-refractivity contribution in [1.82, 2.24) is 0 Å². The third-order valence-corrected chi connectivity index (χ3v) is 0.770. The maximum absolute atomic E-state index is 8.67. The minimum absolute atomic E-state index is 0.750. The minimum Gasteiger partial charge on any atom is -0.530 e. The van der Waals surface area contributed by atoms with Crippen molar-refractivity contribution in [2.24, 2.45) is 5.73 Å². The van der Waals surface area contributed by atoms with Crippen LogP contribution in [0.15, 0.2) is 0 Å². The van der Waals surface area contributed by atoms with Crippen molar-refractivity contribution in [2.75, 3.05) is 0 Å². The lowest BCUT2D eigenvalue weighted by atomic mass is 10.3. The van der Waals surface area contributed by atoms with Crippen LogP contribution in [0.2, 0.25) is 0 Å². The number of quaternary nitrogens is 1. The van der Waals surface area contributed by atoms with Crippen molar-refractivity contribution < 1.29 is 15.2 Å². The van der Waals surface area contributed by atoms with Gasteiger partial charge in [0, 0.05) is 0 Å². The van der Waals surface area contributed by atoms with E-state index in [1.807, 2.05) is 0 Å². The Morgan fingerprint density at radius 1 is 1.27 bits per heavy atom. The van der Waals surface area contributed by atoms with Gasteiger partial charge in [0.1, 0.15) is 6.09 Å². The predicted molar refractivity (Wildman–Crippen MR) is 41.8 cm³/mol. The van der Waals surface area contributed by atoms with Gasteiger partial charge in [-0.05, 0) is 27.7 Å². The van der Waals surface area contributed by atoms with Crippen LogP contribution in [0.4, 0.5) is 4.79 Å². The molecule has 0 atom stereocenters. The fraction of sp³-hybridized carbons (Fsp3) is 0.857. The Morgan fingerprint density at radius 3 is 1.45 bits per heavy atom. The summed E-state index contributed by atoms with van der Waals surface area (Å²) in [5.74, 6) is 0. The first kappa shape index (κ1) is 12.9. The number of rotatable bonds is 2. The van der Waals surface area contributed by atoms with Gasteiger partial charge in [0.2, 0.25) is 0 Å². The normalized spacial score (nSPS) is 9.27. The molecular weight excluding hydrogens is 144 g/mol. The van der Waals surface area contributed by atoms with E-state index in [9.17, 15) is 0 Å². The molecule has 0 saturated heterocycles. The van der Waals surface area contributed by atoms with E-state index < -0.39 is 6.09 Å². The maximum Gasteiger partial charge on any atom is 0.131 e. The number of hydrogen-bond donors (Lipinski definition) is 2. The van der Waals surface area contributed by atoms with Gasteiger partial charge >= 0.3 is 0 Å². The molecule has 0 radical (unpaired) electrons. The fourth-order valence-corrected chi connectivity index (χ4v) is 0.770. The van der Waals surface area contributed by atoms with E-state index in [1.165, 1.54) is 0 Å². The summed E-state index contributed by atoms with van der Waals surface area (Å²) in [6.45, 7) is 8.83. The molecule has 0 aromatic rings. The Hall–Kier alpha value is -0.770. The molecule has 0 saturated carbocycles. The second kappa shape index (κ2) is 7.34. The SMILES string of the molecule is CC(C)[NH2+]C(C)C.NC(=O)[O-]. The van der Waals surface area contributed by atoms with Crippen LogP contribution < -0.4 is 16.2 Å². The quantitative estimate of drug-likeness (QED) is 0.526. The van der Waals surface area contributed by atoms with E-state index in [2.05, 4.69) is 38.7 Å². The van der Waals surface area contributed by atoms with Gasteiger partial charge in [-0.25, -0.2) is 0 Å². The third-order valence-electron chi connectivity index (χ3n) is 0.770. The highest BCUT2D eigenvalue weighted by Crippen LogP contribution is 1.67. The smallest absolute Gasteiger partial charge is 0.131 e. The average Bonchev–Trinajstić information content (AvgIpc) is 1.56. The summed E-state index contributed by atoms with van der Waals surface area (Å²) in [5, 5.41) is 11.0. The summed E-state index contributed by atoms with van der Waals surface area (Å²) in [7, 11) is 0. The molecular formula is C7H18N2O2. The lowest BCUT2D eigenvalue weighted by Crippen LogP contribution is -2.92. The molecule has 0 aromatic carbocycles. The number of hydrogen-bond acceptors (Lipinski definition) is 2. The molecule has 1 amide bonds. The van der Waals surface area contributed by atoms with Gasteiger partial charge in [-0.1, -0.05) is 0 Å². The zero-order chi connectivity index (χ0) is 9.44. The highest BCUT2D eigenvalue weighted by Gasteiger charge is 1.96. The van der Waals surface area contributed by atoms with Crippen LogP contribution in [-0.4, -0.2) is 18.2 Å². The number of nitrogens with two attached hydrogens (primary N) is 2. The van der Waals surface area contributed by atoms with E-state index >= 15 is 0 Å². The van der Waals surface area contributed by atoms with Gasteiger partial charge in [0.25, 0.3) is 0 Å². The van der Waals surface area contributed by atoms with Crippen LogP contribution in [0.1, 0.15) is 27.7 Å². The summed E-state index contributed by atoms with van der Waals surface area (Å²) in [6, 6.07) is 1.50. The van der Waals surface area contributed by atoms with Gasteiger partial charge in [-0.2, -0.15) is 0 Å². The second-order valence-electron chi connectivity index (χ2n) is 3.00. The van der Waals surface area contributed by atoms with Gasteiger partial charge in [0.15, 0.2) is 0 Å². The minimum atomic E-state index is -1.58. The number of primary amides is 1. The molecule has 0 rings (SSSR count). The van der Waals surface area contributed by atoms with Crippen LogP contribution in [0, 0.1) is 0 Å². The Kier molecular flexibility index (Phi) is 8.58. The third kappa shape index (κ3) is 46.2. The van der Waals surface area contributed by atoms with Crippen LogP contribution in [0.3, 0.4) is 0 Å². The Bertz CT molecular complexity index is 92.6. The summed E-state index contributed by atoms with van der Waals surface area (Å²) in [6.07, 6.45) is -1.58. The van der Waals surface area contributed by atoms with E-state index in [1.54, 1.807) is 0 Å². The summed E-state index contributed by atoms with van der Waals surface area (Å²) >= 11 is 0. The zero-order valence-corrected chi connectivity index (χ0v) is 7.63. The molecule has 0 heterocycles. The summed E-state index contributed by atoms with van der Waals surface area (Å²) < 4.78 is 0. The molecule has 0 aromatic heterocycles. The highest BCUT2D eigenvalue weighted by molar-refractivity contribution is 5.58. The van der Waals surface area contributed by atoms with Gasteiger partial charge in [0.05, 0.1) is 12.1 Å². The molecule has 0 aliphatic heterocycles. The second-order valence-corrected chi connectivity index (χ2v) is 3.00. The predicted octanol–water partition coefficient (Wildman–Crippen LogP) is -1.34. The highest BCUT2D eigenvalue weighted by atomic mass is 16.4. The molecule has 0 aliphatic rings. The van der Waals surface area contributed by atoms with Crippen LogP contribution in [-0.2, 0) is 0 Å². The van der Waals surface area contributed by atoms with E-state index in [0.29, 0.717) is 0 Å². The zero-order valence-electron chi connectivity index (χ0n) is 7.63. The Balaban J connectivity index is 0. The largest absolute Gasteiger partial charge is 0.530 e. The van der Waals surface area contributed by atoms with Gasteiger partial charge < -0.3 is 21.0 Å². The molecule has 4 nitrogen and oxygen atoms in total. The van der Waals surface area contributed by atoms with Crippen molar-refractivity contribution in [3.05, 3.63) is 0 Å². The van der Waals surface area contributed by atoms with Crippen molar-refractivity contribution in [2.45, 2.75) is 39.8 Å². The lowest BCUT2D eigenvalue weighted by molar-refractivity contribution is -0.709. The first-order valence-electron chi connectivity index (χ1n) is 3.67. The first-order valence-corrected chi connectivity index (χ1v) is 3.67. The van der Waals surface area contributed by atoms with Crippen molar-refractivity contribution >= 4 is 6.09 Å². The van der Waals surface area contributed by atoms with Crippen LogP contribution in [0.25, 0.3) is 0 Å². The molecule has 68 valence electrons. The van der Waals surface area contributed by atoms with Gasteiger partial charge in [-0.15, -0.1) is 0 Å². The number of carbonyl (C=O) groups excluding carboxylic acids is 1. The topological polar surface area (TPSA) is 82.8 Å². The monoisotopic (exact) mass is 162 g/mol. The summed E-state index contributed by atoms with van der Waals surface area (Å²) in [4.78, 5) is 8.67.